The lowest BCUT2D eigenvalue weighted by Gasteiger charge is -2.30. The minimum atomic E-state index is -0.901. The van der Waals surface area contributed by atoms with Crippen molar-refractivity contribution in [3.8, 4) is 0 Å². The van der Waals surface area contributed by atoms with Crippen molar-refractivity contribution in [2.45, 2.75) is 19.8 Å². The van der Waals surface area contributed by atoms with E-state index in [1.165, 1.54) is 17.0 Å². The number of hydrogen-bond acceptors (Lipinski definition) is 2. The van der Waals surface area contributed by atoms with Crippen LogP contribution in [0.2, 0.25) is 0 Å². The largest absolute Gasteiger partial charge is 0.481 e. The molecule has 1 heterocycles. The molecule has 1 aliphatic heterocycles. The number of aryl methyl sites for hydroxylation is 1. The van der Waals surface area contributed by atoms with Gasteiger partial charge in [0.2, 0.25) is 0 Å². The highest BCUT2D eigenvalue weighted by Crippen LogP contribution is 2.20. The molecule has 1 N–H and O–H groups in total. The highest BCUT2D eigenvalue weighted by atomic mass is 19.1. The normalized spacial score (nSPS) is 19.3. The number of carbonyl (C=O) groups is 2. The molecule has 1 aromatic rings. The molecule has 4 nitrogen and oxygen atoms in total. The van der Waals surface area contributed by atoms with Gasteiger partial charge in [0, 0.05) is 13.1 Å². The van der Waals surface area contributed by atoms with Crippen LogP contribution in [-0.2, 0) is 4.79 Å². The molecule has 1 aromatic carbocycles. The van der Waals surface area contributed by atoms with Gasteiger partial charge in [-0.25, -0.2) is 4.39 Å². The summed E-state index contributed by atoms with van der Waals surface area (Å²) in [6.45, 7) is 2.42. The molecule has 1 amide bonds. The second kappa shape index (κ2) is 5.38. The summed E-state index contributed by atoms with van der Waals surface area (Å²) in [5.41, 5.74) is 0.822. The predicted molar refractivity (Wildman–Crippen MR) is 67.4 cm³/mol. The molecule has 0 unspecified atom stereocenters. The highest BCUT2D eigenvalue weighted by Gasteiger charge is 2.29. The Kier molecular flexibility index (Phi) is 3.83. The van der Waals surface area contributed by atoms with Crippen LogP contribution in [0.15, 0.2) is 18.2 Å². The molecule has 0 aromatic heterocycles. The molecular weight excluding hydrogens is 249 g/mol. The van der Waals surface area contributed by atoms with E-state index in [1.807, 2.05) is 0 Å². The van der Waals surface area contributed by atoms with Gasteiger partial charge in [0.05, 0.1) is 11.5 Å². The van der Waals surface area contributed by atoms with Crippen LogP contribution in [-0.4, -0.2) is 35.0 Å². The van der Waals surface area contributed by atoms with Crippen LogP contribution in [0.3, 0.4) is 0 Å². The molecule has 1 saturated heterocycles. The Hall–Kier alpha value is -1.91. The Morgan fingerprint density at radius 3 is 2.84 bits per heavy atom. The molecule has 0 bridgehead atoms. The van der Waals surface area contributed by atoms with Crippen LogP contribution < -0.4 is 0 Å². The van der Waals surface area contributed by atoms with Crippen LogP contribution in [0, 0.1) is 18.7 Å². The molecule has 1 atom stereocenters. The summed E-state index contributed by atoms with van der Waals surface area (Å²) < 4.78 is 13.7. The van der Waals surface area contributed by atoms with Crippen molar-refractivity contribution in [3.63, 3.8) is 0 Å². The molecule has 0 aliphatic carbocycles. The van der Waals surface area contributed by atoms with Gasteiger partial charge in [-0.05, 0) is 31.9 Å². The number of carboxylic acids is 1. The van der Waals surface area contributed by atoms with Crippen molar-refractivity contribution >= 4 is 11.9 Å². The van der Waals surface area contributed by atoms with Gasteiger partial charge in [0.1, 0.15) is 5.82 Å². The molecule has 102 valence electrons. The molecule has 19 heavy (non-hydrogen) atoms. The van der Waals surface area contributed by atoms with Crippen molar-refractivity contribution in [2.75, 3.05) is 13.1 Å². The smallest absolute Gasteiger partial charge is 0.308 e. The summed E-state index contributed by atoms with van der Waals surface area (Å²) in [7, 11) is 0. The standard InChI is InChI=1S/C14H16FNO3/c1-9-4-5-12(15)11(7-9)13(17)16-6-2-3-10(8-16)14(18)19/h4-5,7,10H,2-3,6,8H2,1H3,(H,18,19)/t10-/m0/s1. The molecule has 2 rings (SSSR count). The number of rotatable bonds is 2. The summed E-state index contributed by atoms with van der Waals surface area (Å²) in [6, 6.07) is 4.37. The molecule has 0 spiro atoms. The number of nitrogens with zero attached hydrogens (tertiary/aromatic N) is 1. The minimum Gasteiger partial charge on any atom is -0.481 e. The zero-order valence-corrected chi connectivity index (χ0v) is 10.7. The number of halogens is 1. The lowest BCUT2D eigenvalue weighted by atomic mass is 9.97. The Morgan fingerprint density at radius 1 is 1.42 bits per heavy atom. The molecular formula is C14H16FNO3. The SMILES string of the molecule is Cc1ccc(F)c(C(=O)N2CCC[C@H](C(=O)O)C2)c1. The molecule has 0 radical (unpaired) electrons. The number of aliphatic carboxylic acids is 1. The van der Waals surface area contributed by atoms with Gasteiger partial charge in [-0.15, -0.1) is 0 Å². The Balaban J connectivity index is 2.19. The summed E-state index contributed by atoms with van der Waals surface area (Å²) in [5, 5.41) is 9.00. The van der Waals surface area contributed by atoms with Crippen molar-refractivity contribution in [1.82, 2.24) is 4.90 Å². The fourth-order valence-corrected chi connectivity index (χ4v) is 2.34. The van der Waals surface area contributed by atoms with Crippen LogP contribution in [0.5, 0.6) is 0 Å². The number of benzene rings is 1. The quantitative estimate of drug-likeness (QED) is 0.890. The van der Waals surface area contributed by atoms with Gasteiger partial charge >= 0.3 is 5.97 Å². The van der Waals surface area contributed by atoms with E-state index in [1.54, 1.807) is 13.0 Å². The second-order valence-corrected chi connectivity index (χ2v) is 4.91. The van der Waals surface area contributed by atoms with E-state index in [9.17, 15) is 14.0 Å². The third-order valence-electron chi connectivity index (χ3n) is 3.41. The lowest BCUT2D eigenvalue weighted by molar-refractivity contribution is -0.143. The predicted octanol–water partition coefficient (Wildman–Crippen LogP) is 2.07. The maximum absolute atomic E-state index is 13.7. The van der Waals surface area contributed by atoms with E-state index in [0.29, 0.717) is 19.4 Å². The van der Waals surface area contributed by atoms with Crippen LogP contribution >= 0.6 is 0 Å². The Bertz CT molecular complexity index is 515. The number of carbonyl (C=O) groups excluding carboxylic acids is 1. The van der Waals surface area contributed by atoms with Crippen molar-refractivity contribution in [1.29, 1.82) is 0 Å². The van der Waals surface area contributed by atoms with Gasteiger partial charge in [0.25, 0.3) is 5.91 Å². The number of piperidine rings is 1. The fraction of sp³-hybridized carbons (Fsp3) is 0.429. The molecule has 0 saturated carbocycles. The van der Waals surface area contributed by atoms with Crippen molar-refractivity contribution in [2.24, 2.45) is 5.92 Å². The molecule has 1 fully saturated rings. The van der Waals surface area contributed by atoms with Crippen molar-refractivity contribution in [3.05, 3.63) is 35.1 Å². The third kappa shape index (κ3) is 2.92. The monoisotopic (exact) mass is 265 g/mol. The first-order valence-electron chi connectivity index (χ1n) is 6.27. The summed E-state index contributed by atoms with van der Waals surface area (Å²) in [6.07, 6.45) is 1.20. The second-order valence-electron chi connectivity index (χ2n) is 4.91. The first kappa shape index (κ1) is 13.5. The van der Waals surface area contributed by atoms with Gasteiger partial charge < -0.3 is 10.0 Å². The van der Waals surface area contributed by atoms with E-state index in [2.05, 4.69) is 0 Å². The highest BCUT2D eigenvalue weighted by molar-refractivity contribution is 5.95. The maximum atomic E-state index is 13.7. The number of amides is 1. The van der Waals surface area contributed by atoms with E-state index >= 15 is 0 Å². The summed E-state index contributed by atoms with van der Waals surface area (Å²) in [4.78, 5) is 24.6. The molecule has 1 aliphatic rings. The molecule has 5 heteroatoms. The Labute approximate surface area is 110 Å². The number of carboxylic acid groups (broad SMARTS) is 1. The zero-order chi connectivity index (χ0) is 14.0. The van der Waals surface area contributed by atoms with Gasteiger partial charge in [-0.1, -0.05) is 11.6 Å². The summed E-state index contributed by atoms with van der Waals surface area (Å²) >= 11 is 0. The zero-order valence-electron chi connectivity index (χ0n) is 10.7. The minimum absolute atomic E-state index is 0.0195. The van der Waals surface area contributed by atoms with E-state index in [-0.39, 0.29) is 12.1 Å². The van der Waals surface area contributed by atoms with E-state index < -0.39 is 23.6 Å². The van der Waals surface area contributed by atoms with Gasteiger partial charge in [-0.3, -0.25) is 9.59 Å². The van der Waals surface area contributed by atoms with Crippen LogP contribution in [0.25, 0.3) is 0 Å². The van der Waals surface area contributed by atoms with Gasteiger partial charge in [0.15, 0.2) is 0 Å². The Morgan fingerprint density at radius 2 is 2.16 bits per heavy atom. The third-order valence-corrected chi connectivity index (χ3v) is 3.41. The number of hydrogen-bond donors (Lipinski definition) is 1. The maximum Gasteiger partial charge on any atom is 0.308 e. The number of likely N-dealkylation sites (tertiary alicyclic amines) is 1. The fourth-order valence-electron chi connectivity index (χ4n) is 2.34. The van der Waals surface area contributed by atoms with Gasteiger partial charge in [-0.2, -0.15) is 0 Å². The van der Waals surface area contributed by atoms with E-state index in [4.69, 9.17) is 5.11 Å². The average Bonchev–Trinajstić information content (AvgIpc) is 2.41. The van der Waals surface area contributed by atoms with Crippen LogP contribution in [0.4, 0.5) is 4.39 Å². The summed E-state index contributed by atoms with van der Waals surface area (Å²) in [5.74, 6) is -2.44. The van der Waals surface area contributed by atoms with Crippen LogP contribution in [0.1, 0.15) is 28.8 Å². The lowest BCUT2D eigenvalue weighted by Crippen LogP contribution is -2.42. The van der Waals surface area contributed by atoms with E-state index in [0.717, 1.165) is 5.56 Å². The topological polar surface area (TPSA) is 57.6 Å². The first-order chi connectivity index (χ1) is 8.99. The average molecular weight is 265 g/mol. The first-order valence-corrected chi connectivity index (χ1v) is 6.27. The van der Waals surface area contributed by atoms with Crippen molar-refractivity contribution < 1.29 is 19.1 Å².